The number of esters is 1. The van der Waals surface area contributed by atoms with Crippen molar-refractivity contribution in [2.24, 2.45) is 4.99 Å². The molecule has 0 saturated carbocycles. The van der Waals surface area contributed by atoms with E-state index in [4.69, 9.17) is 9.47 Å². The number of nitrogens with zero attached hydrogens (tertiary/aromatic N) is 4. The number of fused-ring (bicyclic) bond motifs is 1. The van der Waals surface area contributed by atoms with Gasteiger partial charge in [0.15, 0.2) is 4.80 Å². The van der Waals surface area contributed by atoms with Crippen LogP contribution in [0.5, 0.6) is 0 Å². The number of aromatic nitrogens is 1. The lowest BCUT2D eigenvalue weighted by atomic mass is 10.1. The van der Waals surface area contributed by atoms with Crippen molar-refractivity contribution in [2.45, 2.75) is 27.3 Å². The first-order valence-electron chi connectivity index (χ1n) is 11.2. The lowest BCUT2D eigenvalue weighted by Gasteiger charge is -2.28. The van der Waals surface area contributed by atoms with Gasteiger partial charge in [-0.05, 0) is 56.2 Å². The van der Waals surface area contributed by atoms with Gasteiger partial charge in [-0.3, -0.25) is 19.7 Å². The van der Waals surface area contributed by atoms with E-state index in [0.29, 0.717) is 36.8 Å². The van der Waals surface area contributed by atoms with Crippen molar-refractivity contribution in [2.75, 3.05) is 37.8 Å². The van der Waals surface area contributed by atoms with Crippen LogP contribution in [0, 0.1) is 24.0 Å². The fourth-order valence-electron chi connectivity index (χ4n) is 3.92. The Bertz CT molecular complexity index is 1370. The Labute approximate surface area is 205 Å². The molecule has 2 aromatic carbocycles. The number of anilines is 1. The number of rotatable bonds is 6. The fraction of sp³-hybridized carbons (Fsp3) is 0.375. The van der Waals surface area contributed by atoms with Crippen molar-refractivity contribution in [3.05, 3.63) is 61.9 Å². The van der Waals surface area contributed by atoms with Gasteiger partial charge in [0.2, 0.25) is 0 Å². The molecule has 11 heteroatoms. The summed E-state index contributed by atoms with van der Waals surface area (Å²) < 4.78 is 13.0. The van der Waals surface area contributed by atoms with Crippen LogP contribution in [0.15, 0.2) is 35.3 Å². The number of nitro groups is 1. The number of carbonyl (C=O) groups is 2. The standard InChI is InChI=1S/C24H26N4O6S/c1-4-34-22(29)14-27-20-11-15(2)16(3)12-21(20)35-24(27)25-23(30)17-5-6-18(19(13-17)28(31)32)26-7-9-33-10-8-26/h5-6,11-13H,4,7-10,14H2,1-3H3. The summed E-state index contributed by atoms with van der Waals surface area (Å²) in [5.41, 5.74) is 3.27. The first kappa shape index (κ1) is 24.6. The van der Waals surface area contributed by atoms with E-state index in [1.165, 1.54) is 17.4 Å². The van der Waals surface area contributed by atoms with Crippen LogP contribution in [0.1, 0.15) is 28.4 Å². The number of amides is 1. The summed E-state index contributed by atoms with van der Waals surface area (Å²) in [5.74, 6) is -1.07. The summed E-state index contributed by atoms with van der Waals surface area (Å²) in [7, 11) is 0. The van der Waals surface area contributed by atoms with Crippen molar-refractivity contribution in [1.29, 1.82) is 0 Å². The maximum Gasteiger partial charge on any atom is 0.326 e. The number of benzene rings is 2. The predicted molar refractivity (Wildman–Crippen MR) is 132 cm³/mol. The summed E-state index contributed by atoms with van der Waals surface area (Å²) in [6.45, 7) is 7.86. The first-order chi connectivity index (χ1) is 16.8. The van der Waals surface area contributed by atoms with E-state index in [-0.39, 0.29) is 24.4 Å². The number of ether oxygens (including phenoxy) is 2. The van der Waals surface area contributed by atoms with Crippen LogP contribution in [-0.4, -0.2) is 54.3 Å². The molecule has 4 rings (SSSR count). The smallest absolute Gasteiger partial charge is 0.326 e. The maximum atomic E-state index is 13.1. The SMILES string of the molecule is CCOC(=O)Cn1c(=NC(=O)c2ccc(N3CCOCC3)c([N+](=O)[O-])c2)sc2cc(C)c(C)cc21. The van der Waals surface area contributed by atoms with Crippen LogP contribution < -0.4 is 9.70 Å². The number of nitro benzene ring substituents is 1. The number of aryl methyl sites for hydroxylation is 2. The molecule has 184 valence electrons. The van der Waals surface area contributed by atoms with Crippen LogP contribution in [0.2, 0.25) is 0 Å². The fourth-order valence-corrected chi connectivity index (χ4v) is 5.03. The third-order valence-corrected chi connectivity index (χ3v) is 6.90. The molecular weight excluding hydrogens is 472 g/mol. The highest BCUT2D eigenvalue weighted by Gasteiger charge is 2.23. The zero-order valence-electron chi connectivity index (χ0n) is 19.8. The molecule has 3 aromatic rings. The molecule has 1 fully saturated rings. The molecule has 0 unspecified atom stereocenters. The highest BCUT2D eigenvalue weighted by molar-refractivity contribution is 7.16. The number of morpholine rings is 1. The zero-order valence-corrected chi connectivity index (χ0v) is 20.6. The first-order valence-corrected chi connectivity index (χ1v) is 12.1. The average Bonchev–Trinajstić information content (AvgIpc) is 3.15. The molecule has 1 aliphatic rings. The molecule has 1 amide bonds. The van der Waals surface area contributed by atoms with Gasteiger partial charge in [0.25, 0.3) is 11.6 Å². The molecule has 10 nitrogen and oxygen atoms in total. The second-order valence-electron chi connectivity index (χ2n) is 8.16. The van der Waals surface area contributed by atoms with Crippen LogP contribution >= 0.6 is 11.3 Å². The normalized spacial score (nSPS) is 14.4. The monoisotopic (exact) mass is 498 g/mol. The lowest BCUT2D eigenvalue weighted by Crippen LogP contribution is -2.36. The van der Waals surface area contributed by atoms with Crippen molar-refractivity contribution >= 4 is 44.8 Å². The van der Waals surface area contributed by atoms with E-state index in [2.05, 4.69) is 4.99 Å². The van der Waals surface area contributed by atoms with E-state index >= 15 is 0 Å². The van der Waals surface area contributed by atoms with E-state index in [0.717, 1.165) is 21.3 Å². The van der Waals surface area contributed by atoms with E-state index in [1.54, 1.807) is 23.6 Å². The molecular formula is C24H26N4O6S. The summed E-state index contributed by atoms with van der Waals surface area (Å²) >= 11 is 1.28. The number of carbonyl (C=O) groups excluding carboxylic acids is 2. The lowest BCUT2D eigenvalue weighted by molar-refractivity contribution is -0.384. The van der Waals surface area contributed by atoms with E-state index < -0.39 is 16.8 Å². The van der Waals surface area contributed by atoms with E-state index in [1.807, 2.05) is 30.9 Å². The van der Waals surface area contributed by atoms with Gasteiger partial charge in [-0.1, -0.05) is 11.3 Å². The molecule has 35 heavy (non-hydrogen) atoms. The minimum Gasteiger partial charge on any atom is -0.465 e. The van der Waals surface area contributed by atoms with E-state index in [9.17, 15) is 19.7 Å². The Kier molecular flexibility index (Phi) is 7.27. The van der Waals surface area contributed by atoms with Crippen LogP contribution in [0.3, 0.4) is 0 Å². The van der Waals surface area contributed by atoms with Gasteiger partial charge < -0.3 is 18.9 Å². The zero-order chi connectivity index (χ0) is 25.1. The van der Waals surface area contributed by atoms with Gasteiger partial charge in [0, 0.05) is 24.7 Å². The molecule has 1 aliphatic heterocycles. The summed E-state index contributed by atoms with van der Waals surface area (Å²) in [6.07, 6.45) is 0. The molecule has 0 N–H and O–H groups in total. The number of thiazole rings is 1. The summed E-state index contributed by atoms with van der Waals surface area (Å²) in [4.78, 5) is 43.1. The molecule has 1 saturated heterocycles. The van der Waals surface area contributed by atoms with Crippen molar-refractivity contribution < 1.29 is 24.0 Å². The Morgan fingerprint density at radius 3 is 2.57 bits per heavy atom. The molecule has 0 radical (unpaired) electrons. The Morgan fingerprint density at radius 1 is 1.17 bits per heavy atom. The van der Waals surface area contributed by atoms with Crippen molar-refractivity contribution in [3.63, 3.8) is 0 Å². The van der Waals surface area contributed by atoms with Crippen LogP contribution in [-0.2, 0) is 20.8 Å². The average molecular weight is 499 g/mol. The Morgan fingerprint density at radius 2 is 1.89 bits per heavy atom. The van der Waals surface area contributed by atoms with Gasteiger partial charge in [0.1, 0.15) is 12.2 Å². The molecule has 0 bridgehead atoms. The number of hydrogen-bond acceptors (Lipinski definition) is 8. The third-order valence-electron chi connectivity index (χ3n) is 5.86. The number of hydrogen-bond donors (Lipinski definition) is 0. The maximum absolute atomic E-state index is 13.1. The summed E-state index contributed by atoms with van der Waals surface area (Å²) in [5, 5.41) is 11.8. The molecule has 2 heterocycles. The second kappa shape index (κ2) is 10.4. The highest BCUT2D eigenvalue weighted by Crippen LogP contribution is 2.30. The van der Waals surface area contributed by atoms with Crippen molar-refractivity contribution in [1.82, 2.24) is 4.57 Å². The molecule has 0 aliphatic carbocycles. The highest BCUT2D eigenvalue weighted by atomic mass is 32.1. The largest absolute Gasteiger partial charge is 0.465 e. The Hall–Kier alpha value is -3.57. The van der Waals surface area contributed by atoms with Gasteiger partial charge in [-0.25, -0.2) is 0 Å². The molecule has 0 spiro atoms. The summed E-state index contributed by atoms with van der Waals surface area (Å²) in [6, 6.07) is 8.32. The van der Waals surface area contributed by atoms with Gasteiger partial charge in [0.05, 0.1) is 35.0 Å². The second-order valence-corrected chi connectivity index (χ2v) is 9.17. The van der Waals surface area contributed by atoms with Crippen molar-refractivity contribution in [3.8, 4) is 0 Å². The minimum absolute atomic E-state index is 0.0983. The molecule has 1 aromatic heterocycles. The van der Waals surface area contributed by atoms with Gasteiger partial charge in [-0.15, -0.1) is 0 Å². The minimum atomic E-state index is -0.626. The van der Waals surface area contributed by atoms with Crippen LogP contribution in [0.25, 0.3) is 10.2 Å². The Balaban J connectivity index is 1.77. The molecule has 0 atom stereocenters. The van der Waals surface area contributed by atoms with Gasteiger partial charge in [-0.2, -0.15) is 4.99 Å². The third kappa shape index (κ3) is 5.25. The predicted octanol–water partition coefficient (Wildman–Crippen LogP) is 3.37. The quantitative estimate of drug-likeness (QED) is 0.291. The topological polar surface area (TPSA) is 116 Å². The van der Waals surface area contributed by atoms with Gasteiger partial charge >= 0.3 is 5.97 Å². The van der Waals surface area contributed by atoms with Crippen LogP contribution in [0.4, 0.5) is 11.4 Å².